The first-order chi connectivity index (χ1) is 14.9. The number of rotatable bonds is 1. The Balaban J connectivity index is 1.64. The molecule has 4 heteroatoms. The van der Waals surface area contributed by atoms with E-state index in [9.17, 15) is 0 Å². The van der Waals surface area contributed by atoms with Crippen molar-refractivity contribution < 1.29 is 9.30 Å². The predicted octanol–water partition coefficient (Wildman–Crippen LogP) is 7.35. The second-order valence-electron chi connectivity index (χ2n) is 10.2. The highest BCUT2D eigenvalue weighted by atomic mass is 32.1. The van der Waals surface area contributed by atoms with Gasteiger partial charge in [-0.15, -0.1) is 0 Å². The molecule has 0 spiro atoms. The van der Waals surface area contributed by atoms with E-state index in [1.807, 2.05) is 17.7 Å². The van der Waals surface area contributed by atoms with Crippen molar-refractivity contribution in [3.05, 3.63) is 46.6 Å². The third-order valence-electron chi connectivity index (χ3n) is 7.64. The minimum atomic E-state index is 0.459. The van der Waals surface area contributed by atoms with E-state index in [2.05, 4.69) is 63.6 Å². The first-order valence-corrected chi connectivity index (χ1v) is 12.2. The van der Waals surface area contributed by atoms with E-state index in [1.165, 1.54) is 69.1 Å². The summed E-state index contributed by atoms with van der Waals surface area (Å²) >= 11 is 1.86. The molecule has 0 unspecified atom stereocenters. The van der Waals surface area contributed by atoms with Crippen LogP contribution >= 0.6 is 11.3 Å². The maximum absolute atomic E-state index is 6.86. The van der Waals surface area contributed by atoms with Crippen molar-refractivity contribution in [3.63, 3.8) is 0 Å². The summed E-state index contributed by atoms with van der Waals surface area (Å²) in [4.78, 5) is 7.33. The molecule has 1 aliphatic heterocycles. The van der Waals surface area contributed by atoms with Crippen LogP contribution in [0.1, 0.15) is 61.5 Å². The molecule has 31 heavy (non-hydrogen) atoms. The molecule has 0 amide bonds. The van der Waals surface area contributed by atoms with E-state index in [0.29, 0.717) is 11.3 Å². The maximum Gasteiger partial charge on any atom is 0.288 e. The van der Waals surface area contributed by atoms with Crippen molar-refractivity contribution in [2.75, 3.05) is 0 Å². The van der Waals surface area contributed by atoms with Gasteiger partial charge >= 0.3 is 0 Å². The van der Waals surface area contributed by atoms with E-state index in [4.69, 9.17) is 9.72 Å². The van der Waals surface area contributed by atoms with E-state index in [-0.39, 0.29) is 0 Å². The van der Waals surface area contributed by atoms with Crippen LogP contribution in [0.15, 0.2) is 30.6 Å². The number of thiophene rings is 1. The van der Waals surface area contributed by atoms with E-state index < -0.39 is 0 Å². The molecule has 0 atom stereocenters. The molecule has 158 valence electrons. The van der Waals surface area contributed by atoms with Crippen LogP contribution in [-0.2, 0) is 7.05 Å². The smallest absolute Gasteiger partial charge is 0.288 e. The molecule has 1 fully saturated rings. The van der Waals surface area contributed by atoms with Crippen molar-refractivity contribution >= 4 is 32.3 Å². The number of aromatic nitrogens is 2. The SMILES string of the molecule is Cc1c2c(c(C)c3ccccc13)-c1c3c(c(C4CCC(C)(C)CC4)sc3nc[n+]1C)O2. The van der Waals surface area contributed by atoms with Gasteiger partial charge in [0.25, 0.3) is 6.33 Å². The third kappa shape index (κ3) is 2.70. The van der Waals surface area contributed by atoms with Gasteiger partial charge in [-0.1, -0.05) is 49.4 Å². The molecule has 0 radical (unpaired) electrons. The molecular weight excluding hydrogens is 400 g/mol. The van der Waals surface area contributed by atoms with Gasteiger partial charge in [-0.3, -0.25) is 0 Å². The Kier molecular flexibility index (Phi) is 4.05. The molecule has 0 saturated heterocycles. The van der Waals surface area contributed by atoms with Gasteiger partial charge in [-0.2, -0.15) is 0 Å². The Morgan fingerprint density at radius 2 is 1.71 bits per heavy atom. The lowest BCUT2D eigenvalue weighted by Crippen LogP contribution is -2.32. The lowest BCUT2D eigenvalue weighted by atomic mass is 9.72. The molecule has 6 rings (SSSR count). The van der Waals surface area contributed by atoms with Crippen molar-refractivity contribution in [1.29, 1.82) is 0 Å². The second kappa shape index (κ2) is 6.52. The van der Waals surface area contributed by atoms with Gasteiger partial charge in [0.15, 0.2) is 11.4 Å². The summed E-state index contributed by atoms with van der Waals surface area (Å²) < 4.78 is 9.05. The first kappa shape index (κ1) is 19.2. The lowest BCUT2D eigenvalue weighted by molar-refractivity contribution is -0.662. The molecule has 4 aromatic rings. The van der Waals surface area contributed by atoms with Gasteiger partial charge in [-0.25, -0.2) is 4.57 Å². The van der Waals surface area contributed by atoms with E-state index >= 15 is 0 Å². The Hall–Kier alpha value is -2.46. The zero-order chi connectivity index (χ0) is 21.5. The van der Waals surface area contributed by atoms with E-state index in [1.54, 1.807) is 0 Å². The number of fused-ring (bicyclic) bond motifs is 3. The molecule has 0 bridgehead atoms. The minimum absolute atomic E-state index is 0.459. The molecule has 3 heterocycles. The summed E-state index contributed by atoms with van der Waals surface area (Å²) in [6.07, 6.45) is 7.00. The van der Waals surface area contributed by atoms with Crippen molar-refractivity contribution in [2.45, 2.75) is 59.3 Å². The number of hydrogen-bond acceptors (Lipinski definition) is 3. The Morgan fingerprint density at radius 1 is 1.03 bits per heavy atom. The fourth-order valence-electron chi connectivity index (χ4n) is 5.69. The largest absolute Gasteiger partial charge is 0.454 e. The van der Waals surface area contributed by atoms with Gasteiger partial charge in [0.05, 0.1) is 17.5 Å². The maximum atomic E-state index is 6.86. The van der Waals surface area contributed by atoms with Crippen LogP contribution in [0.4, 0.5) is 0 Å². The lowest BCUT2D eigenvalue weighted by Gasteiger charge is -2.34. The van der Waals surface area contributed by atoms with Crippen LogP contribution in [0.3, 0.4) is 0 Å². The zero-order valence-corrected chi connectivity index (χ0v) is 19.8. The molecule has 3 nitrogen and oxygen atoms in total. The number of ether oxygens (including phenoxy) is 1. The topological polar surface area (TPSA) is 26.0 Å². The summed E-state index contributed by atoms with van der Waals surface area (Å²) in [6.45, 7) is 9.25. The minimum Gasteiger partial charge on any atom is -0.454 e. The van der Waals surface area contributed by atoms with Crippen molar-refractivity contribution in [3.8, 4) is 22.8 Å². The Labute approximate surface area is 187 Å². The number of aryl methyl sites for hydroxylation is 3. The summed E-state index contributed by atoms with van der Waals surface area (Å²) in [5.74, 6) is 2.68. The number of nitrogens with zero attached hydrogens (tertiary/aromatic N) is 2. The Morgan fingerprint density at radius 3 is 2.42 bits per heavy atom. The van der Waals surface area contributed by atoms with Crippen LogP contribution in [-0.4, -0.2) is 4.98 Å². The Bertz CT molecular complexity index is 1370. The van der Waals surface area contributed by atoms with Crippen LogP contribution in [0.25, 0.3) is 32.2 Å². The molecule has 1 aliphatic carbocycles. The molecule has 0 N–H and O–H groups in total. The van der Waals surface area contributed by atoms with Crippen LogP contribution < -0.4 is 9.30 Å². The molecule has 2 aliphatic rings. The zero-order valence-electron chi connectivity index (χ0n) is 19.0. The summed E-state index contributed by atoms with van der Waals surface area (Å²) in [7, 11) is 2.12. The van der Waals surface area contributed by atoms with Crippen LogP contribution in [0.2, 0.25) is 0 Å². The summed E-state index contributed by atoms with van der Waals surface area (Å²) in [5, 5.41) is 3.80. The van der Waals surface area contributed by atoms with Gasteiger partial charge in [0.1, 0.15) is 11.1 Å². The highest BCUT2D eigenvalue weighted by Gasteiger charge is 2.38. The fraction of sp³-hybridized carbons (Fsp3) is 0.407. The quantitative estimate of drug-likeness (QED) is 0.260. The van der Waals surface area contributed by atoms with Gasteiger partial charge in [0, 0.05) is 5.56 Å². The van der Waals surface area contributed by atoms with Crippen LogP contribution in [0.5, 0.6) is 11.5 Å². The standard InChI is InChI=1S/C27H29N2OS/c1-15-18-8-6-7-9-19(18)16(2)23-20(15)22-21-24(30-23)25(31-26(21)28-14-29(22)5)17-10-12-27(3,4)13-11-17/h6-9,14,17H,10-13H2,1-5H3/q+1. The van der Waals surface area contributed by atoms with Gasteiger partial charge in [0.2, 0.25) is 4.83 Å². The van der Waals surface area contributed by atoms with E-state index in [0.717, 1.165) is 16.3 Å². The second-order valence-corrected chi connectivity index (χ2v) is 11.3. The van der Waals surface area contributed by atoms with Gasteiger partial charge in [-0.05, 0) is 72.2 Å². The summed E-state index contributed by atoms with van der Waals surface area (Å²) in [6, 6.07) is 8.71. The molecule has 1 saturated carbocycles. The monoisotopic (exact) mass is 429 g/mol. The normalized spacial score (nSPS) is 17.7. The number of hydrogen-bond donors (Lipinski definition) is 0. The fourth-order valence-corrected chi connectivity index (χ4v) is 6.93. The average molecular weight is 430 g/mol. The van der Waals surface area contributed by atoms with Crippen molar-refractivity contribution in [2.24, 2.45) is 12.5 Å². The molecular formula is C27H29N2OS+. The average Bonchev–Trinajstić information content (AvgIpc) is 3.13. The molecule has 2 aromatic heterocycles. The highest BCUT2D eigenvalue weighted by molar-refractivity contribution is 7.19. The van der Waals surface area contributed by atoms with Crippen LogP contribution in [0, 0.1) is 19.3 Å². The predicted molar refractivity (Wildman–Crippen MR) is 128 cm³/mol. The van der Waals surface area contributed by atoms with Gasteiger partial charge < -0.3 is 4.74 Å². The number of benzene rings is 2. The van der Waals surface area contributed by atoms with Crippen molar-refractivity contribution in [1.82, 2.24) is 4.98 Å². The summed E-state index contributed by atoms with van der Waals surface area (Å²) in [5.41, 5.74) is 5.46. The first-order valence-electron chi connectivity index (χ1n) is 11.4. The highest BCUT2D eigenvalue weighted by Crippen LogP contribution is 2.56. The molecule has 2 aromatic carbocycles. The third-order valence-corrected chi connectivity index (χ3v) is 8.88.